The number of benzene rings is 2. The Labute approximate surface area is 126 Å². The van der Waals surface area contributed by atoms with Gasteiger partial charge in [-0.2, -0.15) is 0 Å². The van der Waals surface area contributed by atoms with E-state index in [1.54, 1.807) is 36.4 Å². The molecule has 0 fully saturated rings. The van der Waals surface area contributed by atoms with E-state index in [-0.39, 0.29) is 0 Å². The zero-order valence-electron chi connectivity index (χ0n) is 10.5. The molecule has 0 aliphatic carbocycles. The fourth-order valence-corrected chi connectivity index (χ4v) is 2.54. The van der Waals surface area contributed by atoms with Gasteiger partial charge in [0.05, 0.1) is 0 Å². The van der Waals surface area contributed by atoms with E-state index in [2.05, 4.69) is 0 Å². The summed E-state index contributed by atoms with van der Waals surface area (Å²) in [5.41, 5.74) is 1.24. The molecule has 0 saturated heterocycles. The molecule has 1 N–H and O–H groups in total. The van der Waals surface area contributed by atoms with E-state index in [1.807, 2.05) is 0 Å². The van der Waals surface area contributed by atoms with Crippen molar-refractivity contribution in [3.05, 3.63) is 57.6 Å². The minimum absolute atomic E-state index is 0.469. The summed E-state index contributed by atoms with van der Waals surface area (Å²) < 4.78 is 11.0. The summed E-state index contributed by atoms with van der Waals surface area (Å²) in [7, 11) is 0. The maximum atomic E-state index is 10.5. The van der Waals surface area contributed by atoms with Gasteiger partial charge in [-0.3, -0.25) is 0 Å². The Morgan fingerprint density at radius 3 is 2.50 bits per heavy atom. The second-order valence-corrected chi connectivity index (χ2v) is 5.32. The number of halogens is 2. The Kier molecular flexibility index (Phi) is 3.74. The van der Waals surface area contributed by atoms with E-state index < -0.39 is 6.10 Å². The lowest BCUT2D eigenvalue weighted by Gasteiger charge is -2.20. The summed E-state index contributed by atoms with van der Waals surface area (Å²) in [5, 5.41) is 11.5. The lowest BCUT2D eigenvalue weighted by molar-refractivity contribution is 0.169. The van der Waals surface area contributed by atoms with Gasteiger partial charge in [-0.25, -0.2) is 0 Å². The monoisotopic (exact) mass is 310 g/mol. The van der Waals surface area contributed by atoms with Crippen molar-refractivity contribution in [1.82, 2.24) is 0 Å². The highest BCUT2D eigenvalue weighted by atomic mass is 35.5. The van der Waals surface area contributed by atoms with Gasteiger partial charge in [0, 0.05) is 15.6 Å². The highest BCUT2D eigenvalue weighted by Gasteiger charge is 2.18. The number of ether oxygens (including phenoxy) is 2. The molecule has 0 amide bonds. The van der Waals surface area contributed by atoms with E-state index in [0.717, 1.165) is 0 Å². The molecule has 0 saturated carbocycles. The van der Waals surface area contributed by atoms with Crippen molar-refractivity contribution in [2.45, 2.75) is 6.10 Å². The first kappa shape index (κ1) is 13.6. The van der Waals surface area contributed by atoms with Crippen LogP contribution in [0.4, 0.5) is 0 Å². The SMILES string of the molecule is OC(c1ccc2c(c1)OCCO2)c1cc(Cl)ccc1Cl. The van der Waals surface area contributed by atoms with Crippen molar-refractivity contribution in [1.29, 1.82) is 0 Å². The van der Waals surface area contributed by atoms with Crippen LogP contribution < -0.4 is 9.47 Å². The van der Waals surface area contributed by atoms with Crippen molar-refractivity contribution in [3.63, 3.8) is 0 Å². The minimum atomic E-state index is -0.864. The van der Waals surface area contributed by atoms with E-state index in [0.29, 0.717) is 45.9 Å². The Hall–Kier alpha value is -1.42. The molecule has 20 heavy (non-hydrogen) atoms. The van der Waals surface area contributed by atoms with Crippen LogP contribution >= 0.6 is 23.2 Å². The van der Waals surface area contributed by atoms with E-state index in [1.165, 1.54) is 0 Å². The standard InChI is InChI=1S/C15H12Cl2O3/c16-10-2-3-12(17)11(8-10)15(18)9-1-4-13-14(7-9)20-6-5-19-13/h1-4,7-8,15,18H,5-6H2. The maximum Gasteiger partial charge on any atom is 0.161 e. The molecule has 1 aliphatic heterocycles. The highest BCUT2D eigenvalue weighted by molar-refractivity contribution is 6.33. The van der Waals surface area contributed by atoms with E-state index in [4.69, 9.17) is 32.7 Å². The molecular formula is C15H12Cl2O3. The minimum Gasteiger partial charge on any atom is -0.486 e. The number of hydrogen-bond acceptors (Lipinski definition) is 3. The van der Waals surface area contributed by atoms with Gasteiger partial charge in [0.2, 0.25) is 0 Å². The van der Waals surface area contributed by atoms with Crippen LogP contribution in [0.15, 0.2) is 36.4 Å². The molecule has 5 heteroatoms. The number of aliphatic hydroxyl groups excluding tert-OH is 1. The van der Waals surface area contributed by atoms with E-state index >= 15 is 0 Å². The number of hydrogen-bond donors (Lipinski definition) is 1. The van der Waals surface area contributed by atoms with Crippen molar-refractivity contribution >= 4 is 23.2 Å². The molecule has 104 valence electrons. The summed E-state index contributed by atoms with van der Waals surface area (Å²) in [6.45, 7) is 1.04. The fraction of sp³-hybridized carbons (Fsp3) is 0.200. The number of fused-ring (bicyclic) bond motifs is 1. The Morgan fingerprint density at radius 2 is 1.70 bits per heavy atom. The molecule has 1 heterocycles. The Bertz CT molecular complexity index is 643. The summed E-state index contributed by atoms with van der Waals surface area (Å²) >= 11 is 12.1. The van der Waals surface area contributed by atoms with Crippen molar-refractivity contribution in [2.24, 2.45) is 0 Å². The van der Waals surface area contributed by atoms with Gasteiger partial charge in [-0.15, -0.1) is 0 Å². The third-order valence-corrected chi connectivity index (χ3v) is 3.71. The van der Waals surface area contributed by atoms with Gasteiger partial charge in [0.15, 0.2) is 11.5 Å². The predicted octanol–water partition coefficient (Wildman–Crippen LogP) is 3.85. The first-order valence-electron chi connectivity index (χ1n) is 6.18. The quantitative estimate of drug-likeness (QED) is 0.915. The second kappa shape index (κ2) is 5.52. The fourth-order valence-electron chi connectivity index (χ4n) is 2.13. The first-order valence-corrected chi connectivity index (χ1v) is 6.93. The molecule has 0 spiro atoms. The molecular weight excluding hydrogens is 299 g/mol. The molecule has 2 aromatic rings. The van der Waals surface area contributed by atoms with Crippen LogP contribution in [-0.4, -0.2) is 18.3 Å². The van der Waals surface area contributed by atoms with Crippen LogP contribution in [0, 0.1) is 0 Å². The van der Waals surface area contributed by atoms with Crippen LogP contribution in [-0.2, 0) is 0 Å². The van der Waals surface area contributed by atoms with Gasteiger partial charge in [-0.05, 0) is 35.9 Å². The number of rotatable bonds is 2. The van der Waals surface area contributed by atoms with Crippen LogP contribution in [0.2, 0.25) is 10.0 Å². The largest absolute Gasteiger partial charge is 0.486 e. The lowest BCUT2D eigenvalue weighted by Crippen LogP contribution is -2.15. The first-order chi connectivity index (χ1) is 9.65. The van der Waals surface area contributed by atoms with Crippen LogP contribution in [0.25, 0.3) is 0 Å². The molecule has 3 rings (SSSR count). The summed E-state index contributed by atoms with van der Waals surface area (Å²) in [6.07, 6.45) is -0.864. The molecule has 2 aromatic carbocycles. The topological polar surface area (TPSA) is 38.7 Å². The van der Waals surface area contributed by atoms with Crippen molar-refractivity contribution in [2.75, 3.05) is 13.2 Å². The molecule has 0 aromatic heterocycles. The normalized spacial score (nSPS) is 14.9. The van der Waals surface area contributed by atoms with Gasteiger partial charge < -0.3 is 14.6 Å². The lowest BCUT2D eigenvalue weighted by atomic mass is 10.0. The van der Waals surface area contributed by atoms with Gasteiger partial charge in [0.1, 0.15) is 19.3 Å². The molecule has 0 bridgehead atoms. The second-order valence-electron chi connectivity index (χ2n) is 4.47. The zero-order valence-corrected chi connectivity index (χ0v) is 12.0. The molecule has 1 aliphatic rings. The highest BCUT2D eigenvalue weighted by Crippen LogP contribution is 2.36. The average molecular weight is 311 g/mol. The Balaban J connectivity index is 1.97. The molecule has 3 nitrogen and oxygen atoms in total. The Morgan fingerprint density at radius 1 is 0.950 bits per heavy atom. The van der Waals surface area contributed by atoms with Gasteiger partial charge >= 0.3 is 0 Å². The van der Waals surface area contributed by atoms with Crippen LogP contribution in [0.5, 0.6) is 11.5 Å². The molecule has 1 unspecified atom stereocenters. The van der Waals surface area contributed by atoms with Crippen molar-refractivity contribution in [3.8, 4) is 11.5 Å². The summed E-state index contributed by atoms with van der Waals surface area (Å²) in [5.74, 6) is 1.32. The van der Waals surface area contributed by atoms with Gasteiger partial charge in [-0.1, -0.05) is 29.3 Å². The van der Waals surface area contributed by atoms with Crippen LogP contribution in [0.3, 0.4) is 0 Å². The molecule has 1 atom stereocenters. The van der Waals surface area contributed by atoms with Crippen molar-refractivity contribution < 1.29 is 14.6 Å². The third-order valence-electron chi connectivity index (χ3n) is 3.13. The van der Waals surface area contributed by atoms with Gasteiger partial charge in [0.25, 0.3) is 0 Å². The third kappa shape index (κ3) is 2.57. The number of aliphatic hydroxyl groups is 1. The summed E-state index contributed by atoms with van der Waals surface area (Å²) in [6, 6.07) is 10.3. The smallest absolute Gasteiger partial charge is 0.161 e. The van der Waals surface area contributed by atoms with Crippen LogP contribution in [0.1, 0.15) is 17.2 Å². The van der Waals surface area contributed by atoms with E-state index in [9.17, 15) is 5.11 Å². The zero-order chi connectivity index (χ0) is 14.1. The maximum absolute atomic E-state index is 10.5. The predicted molar refractivity (Wildman–Crippen MR) is 78.0 cm³/mol. The summed E-state index contributed by atoms with van der Waals surface area (Å²) in [4.78, 5) is 0. The average Bonchev–Trinajstić information content (AvgIpc) is 2.48. The molecule has 0 radical (unpaired) electrons.